The molecule has 2 atom stereocenters. The second-order valence-electron chi connectivity index (χ2n) is 4.47. The molecule has 0 bridgehead atoms. The van der Waals surface area contributed by atoms with E-state index in [4.69, 9.17) is 0 Å². The van der Waals surface area contributed by atoms with E-state index in [1.807, 2.05) is 14.1 Å². The molecule has 0 aliphatic heterocycles. The van der Waals surface area contributed by atoms with E-state index in [0.29, 0.717) is 5.78 Å². The van der Waals surface area contributed by atoms with Crippen molar-refractivity contribution in [3.8, 4) is 0 Å². The van der Waals surface area contributed by atoms with Crippen molar-refractivity contribution >= 4 is 21.7 Å². The maximum absolute atomic E-state index is 12.0. The van der Waals surface area contributed by atoms with Crippen LogP contribution in [0, 0.1) is 5.92 Å². The number of hydrogen-bond acceptors (Lipinski definition) is 2. The minimum Gasteiger partial charge on any atom is -0.309 e. The average molecular weight is 262 g/mol. The third-order valence-electron chi connectivity index (χ3n) is 2.81. The largest absolute Gasteiger partial charge is 0.309 e. The van der Waals surface area contributed by atoms with Crippen molar-refractivity contribution in [2.24, 2.45) is 5.92 Å². The molecule has 3 heteroatoms. The van der Waals surface area contributed by atoms with Crippen LogP contribution >= 0.6 is 15.9 Å². The van der Waals surface area contributed by atoms with Crippen molar-refractivity contribution < 1.29 is 4.79 Å². The van der Waals surface area contributed by atoms with Gasteiger partial charge in [-0.2, -0.15) is 0 Å². The topological polar surface area (TPSA) is 20.3 Å². The van der Waals surface area contributed by atoms with E-state index in [2.05, 4.69) is 20.8 Å². The van der Waals surface area contributed by atoms with Gasteiger partial charge in [-0.25, -0.2) is 0 Å². The summed E-state index contributed by atoms with van der Waals surface area (Å²) in [6.45, 7) is 0.904. The van der Waals surface area contributed by atoms with Gasteiger partial charge in [-0.1, -0.05) is 35.2 Å². The van der Waals surface area contributed by atoms with E-state index in [9.17, 15) is 4.79 Å². The number of carbonyl (C=O) groups is 1. The molecule has 0 aromatic heterocycles. The zero-order chi connectivity index (χ0) is 10.6. The second-order valence-corrected chi connectivity index (χ2v) is 5.57. The maximum Gasteiger partial charge on any atom is 0.150 e. The Morgan fingerprint density at radius 3 is 2.57 bits per heavy atom. The zero-order valence-electron chi connectivity index (χ0n) is 9.13. The molecule has 0 N–H and O–H groups in total. The van der Waals surface area contributed by atoms with Crippen LogP contribution in [0.25, 0.3) is 0 Å². The van der Waals surface area contributed by atoms with Gasteiger partial charge in [-0.15, -0.1) is 0 Å². The van der Waals surface area contributed by atoms with Crippen LogP contribution in [-0.4, -0.2) is 36.2 Å². The minimum atomic E-state index is 0.104. The third-order valence-corrected chi connectivity index (χ3v) is 3.72. The summed E-state index contributed by atoms with van der Waals surface area (Å²) >= 11 is 3.50. The lowest BCUT2D eigenvalue weighted by atomic mass is 9.89. The highest BCUT2D eigenvalue weighted by Crippen LogP contribution is 2.24. The summed E-state index contributed by atoms with van der Waals surface area (Å²) in [6, 6.07) is 0. The predicted octanol–water partition coefficient (Wildman–Crippen LogP) is 2.46. The average Bonchev–Trinajstić information content (AvgIpc) is 2.11. The standard InChI is InChI=1S/C11H20BrNO/c1-13(2)8-9-6-4-3-5-7-10(12)11(9)14/h9-10H,3-8H2,1-2H3/t9-,10-/m1/s1. The van der Waals surface area contributed by atoms with Crippen LogP contribution in [0.1, 0.15) is 32.1 Å². The molecule has 1 aliphatic carbocycles. The molecule has 82 valence electrons. The lowest BCUT2D eigenvalue weighted by Gasteiger charge is -2.24. The van der Waals surface area contributed by atoms with Crippen LogP contribution in [0.5, 0.6) is 0 Å². The Hall–Kier alpha value is 0.110. The molecule has 0 radical (unpaired) electrons. The van der Waals surface area contributed by atoms with E-state index >= 15 is 0 Å². The molecular weight excluding hydrogens is 242 g/mol. The van der Waals surface area contributed by atoms with Crippen LogP contribution in [0.3, 0.4) is 0 Å². The van der Waals surface area contributed by atoms with Gasteiger partial charge in [0, 0.05) is 12.5 Å². The van der Waals surface area contributed by atoms with Crippen LogP contribution < -0.4 is 0 Å². The van der Waals surface area contributed by atoms with Gasteiger partial charge in [-0.3, -0.25) is 4.79 Å². The van der Waals surface area contributed by atoms with Crippen LogP contribution in [-0.2, 0) is 4.79 Å². The molecule has 1 rings (SSSR count). The fourth-order valence-electron chi connectivity index (χ4n) is 2.05. The van der Waals surface area contributed by atoms with Crippen molar-refractivity contribution in [2.45, 2.75) is 36.9 Å². The summed E-state index contributed by atoms with van der Waals surface area (Å²) in [6.07, 6.45) is 5.77. The molecule has 1 aliphatic rings. The van der Waals surface area contributed by atoms with Crippen molar-refractivity contribution in [1.29, 1.82) is 0 Å². The molecule has 1 saturated carbocycles. The smallest absolute Gasteiger partial charge is 0.150 e. The molecule has 0 spiro atoms. The fraction of sp³-hybridized carbons (Fsp3) is 0.909. The van der Waals surface area contributed by atoms with Crippen LogP contribution in [0.2, 0.25) is 0 Å². The highest BCUT2D eigenvalue weighted by Gasteiger charge is 2.26. The first-order chi connectivity index (χ1) is 6.61. The zero-order valence-corrected chi connectivity index (χ0v) is 10.7. The van der Waals surface area contributed by atoms with E-state index in [1.165, 1.54) is 19.3 Å². The molecule has 0 unspecified atom stereocenters. The summed E-state index contributed by atoms with van der Waals surface area (Å²) in [5.74, 6) is 0.660. The molecule has 0 heterocycles. The molecule has 2 nitrogen and oxygen atoms in total. The highest BCUT2D eigenvalue weighted by molar-refractivity contribution is 9.10. The molecule has 0 amide bonds. The Labute approximate surface area is 95.2 Å². The van der Waals surface area contributed by atoms with E-state index in [-0.39, 0.29) is 10.7 Å². The number of rotatable bonds is 2. The first-order valence-corrected chi connectivity index (χ1v) is 6.35. The van der Waals surface area contributed by atoms with Gasteiger partial charge in [0.1, 0.15) is 0 Å². The summed E-state index contributed by atoms with van der Waals surface area (Å²) in [4.78, 5) is 14.2. The van der Waals surface area contributed by atoms with E-state index in [0.717, 1.165) is 19.4 Å². The van der Waals surface area contributed by atoms with Gasteiger partial charge in [0.15, 0.2) is 5.78 Å². The van der Waals surface area contributed by atoms with Gasteiger partial charge < -0.3 is 4.90 Å². The van der Waals surface area contributed by atoms with Crippen LogP contribution in [0.4, 0.5) is 0 Å². The maximum atomic E-state index is 12.0. The Kier molecular flexibility index (Phi) is 5.10. The van der Waals surface area contributed by atoms with Gasteiger partial charge in [-0.05, 0) is 26.9 Å². The highest BCUT2D eigenvalue weighted by atomic mass is 79.9. The first kappa shape index (κ1) is 12.2. The van der Waals surface area contributed by atoms with Gasteiger partial charge in [0.2, 0.25) is 0 Å². The summed E-state index contributed by atoms with van der Waals surface area (Å²) in [7, 11) is 4.07. The predicted molar refractivity (Wildman–Crippen MR) is 62.9 cm³/mol. The van der Waals surface area contributed by atoms with Crippen molar-refractivity contribution in [2.75, 3.05) is 20.6 Å². The number of alkyl halides is 1. The Morgan fingerprint density at radius 2 is 1.93 bits per heavy atom. The monoisotopic (exact) mass is 261 g/mol. The number of halogens is 1. The van der Waals surface area contributed by atoms with E-state index < -0.39 is 0 Å². The molecular formula is C11H20BrNO. The second kappa shape index (κ2) is 5.86. The molecule has 0 aromatic carbocycles. The number of carbonyl (C=O) groups excluding carboxylic acids is 1. The first-order valence-electron chi connectivity index (χ1n) is 5.44. The van der Waals surface area contributed by atoms with Crippen molar-refractivity contribution in [3.63, 3.8) is 0 Å². The Balaban J connectivity index is 2.54. The SMILES string of the molecule is CN(C)C[C@H]1CCCCC[C@@H](Br)C1=O. The lowest BCUT2D eigenvalue weighted by molar-refractivity contribution is -0.123. The Bertz CT molecular complexity index is 194. The Morgan fingerprint density at radius 1 is 1.29 bits per heavy atom. The number of nitrogens with zero attached hydrogens (tertiary/aromatic N) is 1. The molecule has 1 fully saturated rings. The van der Waals surface area contributed by atoms with Crippen molar-refractivity contribution in [1.82, 2.24) is 4.90 Å². The lowest BCUT2D eigenvalue weighted by Crippen LogP contribution is -2.33. The number of hydrogen-bond donors (Lipinski definition) is 0. The summed E-state index contributed by atoms with van der Waals surface area (Å²) in [5.41, 5.74) is 0. The summed E-state index contributed by atoms with van der Waals surface area (Å²) in [5, 5.41) is 0. The number of ketones is 1. The van der Waals surface area contributed by atoms with Gasteiger partial charge in [0.25, 0.3) is 0 Å². The van der Waals surface area contributed by atoms with Gasteiger partial charge in [0.05, 0.1) is 4.83 Å². The van der Waals surface area contributed by atoms with E-state index in [1.54, 1.807) is 0 Å². The number of Topliss-reactive ketones (excluding diaryl/α,β-unsaturated/α-hetero) is 1. The van der Waals surface area contributed by atoms with Gasteiger partial charge >= 0.3 is 0 Å². The normalized spacial score (nSPS) is 30.1. The fourth-order valence-corrected chi connectivity index (χ4v) is 2.75. The summed E-state index contributed by atoms with van der Waals surface area (Å²) < 4.78 is 0. The molecule has 0 saturated heterocycles. The molecule has 0 aromatic rings. The van der Waals surface area contributed by atoms with Crippen LogP contribution in [0.15, 0.2) is 0 Å². The quantitative estimate of drug-likeness (QED) is 0.712. The molecule has 14 heavy (non-hydrogen) atoms. The van der Waals surface area contributed by atoms with Crippen molar-refractivity contribution in [3.05, 3.63) is 0 Å². The third kappa shape index (κ3) is 3.70. The minimum absolute atomic E-state index is 0.104.